The van der Waals surface area contributed by atoms with Crippen molar-refractivity contribution in [3.63, 3.8) is 0 Å². The molecule has 0 aliphatic carbocycles. The lowest BCUT2D eigenvalue weighted by molar-refractivity contribution is -0.192. The summed E-state index contributed by atoms with van der Waals surface area (Å²) in [6.45, 7) is 3.18. The lowest BCUT2D eigenvalue weighted by atomic mass is 10.1. The molecule has 2 aromatic rings. The Morgan fingerprint density at radius 3 is 2.29 bits per heavy atom. The topological polar surface area (TPSA) is 85.0 Å². The molecule has 2 aromatic carbocycles. The molecule has 1 saturated heterocycles. The monoisotopic (exact) mass is 440 g/mol. The number of hydrogen-bond donors (Lipinski definition) is 2. The first-order valence-electron chi connectivity index (χ1n) is 9.93. The molecule has 1 fully saturated rings. The summed E-state index contributed by atoms with van der Waals surface area (Å²) in [6, 6.07) is 18.5. The third-order valence-corrected chi connectivity index (χ3v) is 4.43. The van der Waals surface area contributed by atoms with Crippen LogP contribution in [0.5, 0.6) is 5.75 Å². The minimum atomic E-state index is -5.08. The molecule has 9 heteroatoms. The number of nitrogens with zero attached hydrogens (tertiary/aromatic N) is 1. The van der Waals surface area contributed by atoms with Gasteiger partial charge in [0, 0.05) is 19.1 Å². The highest BCUT2D eigenvalue weighted by Crippen LogP contribution is 2.16. The van der Waals surface area contributed by atoms with Gasteiger partial charge in [-0.15, -0.1) is 0 Å². The second-order valence-electron chi connectivity index (χ2n) is 7.11. The van der Waals surface area contributed by atoms with Gasteiger partial charge in [-0.1, -0.05) is 42.5 Å². The predicted octanol–water partition coefficient (Wildman–Crippen LogP) is 3.80. The summed E-state index contributed by atoms with van der Waals surface area (Å²) in [4.78, 5) is 14.5. The fourth-order valence-electron chi connectivity index (χ4n) is 2.88. The maximum absolute atomic E-state index is 10.6. The molecule has 6 nitrogen and oxygen atoms in total. The van der Waals surface area contributed by atoms with Crippen molar-refractivity contribution in [1.82, 2.24) is 5.06 Å². The smallest absolute Gasteiger partial charge is 0.489 e. The summed E-state index contributed by atoms with van der Waals surface area (Å²) in [6.07, 6.45) is -1.89. The van der Waals surface area contributed by atoms with Crippen LogP contribution in [0.15, 0.2) is 54.6 Å². The zero-order chi connectivity index (χ0) is 22.7. The number of nitrogens with two attached hydrogens (primary N) is 1. The highest BCUT2D eigenvalue weighted by Gasteiger charge is 2.38. The maximum atomic E-state index is 10.6. The van der Waals surface area contributed by atoms with Crippen molar-refractivity contribution in [1.29, 1.82) is 0 Å². The molecule has 1 aliphatic heterocycles. The number of carboxylic acid groups (broad SMARTS) is 1. The van der Waals surface area contributed by atoms with Gasteiger partial charge < -0.3 is 15.6 Å². The van der Waals surface area contributed by atoms with Gasteiger partial charge in [0.1, 0.15) is 12.4 Å². The van der Waals surface area contributed by atoms with Gasteiger partial charge in [-0.25, -0.2) is 4.79 Å². The Morgan fingerprint density at radius 2 is 1.74 bits per heavy atom. The standard InChI is InChI=1S/C20H26N2O2.C2HF3O2/c21-19(15-22-12-4-5-13-24-22)14-17-8-10-20(11-9-17)23-16-18-6-2-1-3-7-18;3-2(4,5)1(6)7/h1-3,6-11,19H,4-5,12-16,21H2;(H,6,7)/t19-;/m0./s1. The van der Waals surface area contributed by atoms with E-state index in [0.29, 0.717) is 6.61 Å². The van der Waals surface area contributed by atoms with Crippen molar-refractivity contribution in [3.05, 3.63) is 65.7 Å². The summed E-state index contributed by atoms with van der Waals surface area (Å²) < 4.78 is 37.6. The van der Waals surface area contributed by atoms with Crippen LogP contribution in [0.4, 0.5) is 13.2 Å². The van der Waals surface area contributed by atoms with E-state index in [-0.39, 0.29) is 6.04 Å². The zero-order valence-corrected chi connectivity index (χ0v) is 17.1. The summed E-state index contributed by atoms with van der Waals surface area (Å²) >= 11 is 0. The SMILES string of the molecule is N[C@@H](Cc1ccc(OCc2ccccc2)cc1)CN1CCCCO1.O=C(O)C(F)(F)F. The average Bonchev–Trinajstić information content (AvgIpc) is 2.74. The summed E-state index contributed by atoms with van der Waals surface area (Å²) in [5.74, 6) is -1.87. The Kier molecular flexibility index (Phi) is 9.77. The van der Waals surface area contributed by atoms with Crippen LogP contribution in [0.25, 0.3) is 0 Å². The highest BCUT2D eigenvalue weighted by atomic mass is 19.4. The van der Waals surface area contributed by atoms with Crippen LogP contribution in [0.3, 0.4) is 0 Å². The molecule has 1 heterocycles. The van der Waals surface area contributed by atoms with Crippen LogP contribution in [0, 0.1) is 0 Å². The van der Waals surface area contributed by atoms with Gasteiger partial charge in [-0.05, 0) is 42.5 Å². The van der Waals surface area contributed by atoms with E-state index in [2.05, 4.69) is 24.3 Å². The van der Waals surface area contributed by atoms with Crippen LogP contribution >= 0.6 is 0 Å². The average molecular weight is 440 g/mol. The Labute approximate surface area is 179 Å². The van der Waals surface area contributed by atoms with E-state index >= 15 is 0 Å². The van der Waals surface area contributed by atoms with E-state index < -0.39 is 12.1 Å². The number of rotatable bonds is 7. The molecule has 0 saturated carbocycles. The zero-order valence-electron chi connectivity index (χ0n) is 17.1. The summed E-state index contributed by atoms with van der Waals surface area (Å²) in [5.41, 5.74) is 8.66. The molecule has 3 N–H and O–H groups in total. The van der Waals surface area contributed by atoms with Crippen molar-refractivity contribution in [2.45, 2.75) is 38.1 Å². The van der Waals surface area contributed by atoms with Gasteiger partial charge >= 0.3 is 12.1 Å². The summed E-state index contributed by atoms with van der Waals surface area (Å²) in [7, 11) is 0. The minimum Gasteiger partial charge on any atom is -0.489 e. The lowest BCUT2D eigenvalue weighted by Gasteiger charge is -2.28. The fraction of sp³-hybridized carbons (Fsp3) is 0.409. The van der Waals surface area contributed by atoms with E-state index in [1.165, 1.54) is 17.5 Å². The molecular weight excluding hydrogens is 413 g/mol. The largest absolute Gasteiger partial charge is 0.490 e. The van der Waals surface area contributed by atoms with Crippen molar-refractivity contribution >= 4 is 5.97 Å². The van der Waals surface area contributed by atoms with Gasteiger partial charge in [0.2, 0.25) is 0 Å². The number of ether oxygens (including phenoxy) is 1. The molecule has 1 atom stereocenters. The third-order valence-electron chi connectivity index (χ3n) is 4.43. The van der Waals surface area contributed by atoms with E-state index in [1.54, 1.807) is 0 Å². The number of carboxylic acids is 1. The van der Waals surface area contributed by atoms with E-state index in [9.17, 15) is 13.2 Å². The Hall–Kier alpha value is -2.62. The molecule has 0 radical (unpaired) electrons. The number of aliphatic carboxylic acids is 1. The second-order valence-corrected chi connectivity index (χ2v) is 7.11. The molecule has 170 valence electrons. The molecular formula is C22H27F3N2O4. The minimum absolute atomic E-state index is 0.0826. The third kappa shape index (κ3) is 9.82. The molecule has 0 aromatic heterocycles. The van der Waals surface area contributed by atoms with Crippen molar-refractivity contribution in [3.8, 4) is 5.75 Å². The first-order chi connectivity index (χ1) is 14.7. The quantitative estimate of drug-likeness (QED) is 0.681. The number of hydrogen-bond acceptors (Lipinski definition) is 5. The number of benzene rings is 2. The van der Waals surface area contributed by atoms with E-state index in [1.807, 2.05) is 35.4 Å². The molecule has 1 aliphatic rings. The molecule has 0 amide bonds. The first-order valence-corrected chi connectivity index (χ1v) is 9.93. The van der Waals surface area contributed by atoms with Gasteiger partial charge in [0.15, 0.2) is 0 Å². The number of alkyl halides is 3. The molecule has 0 bridgehead atoms. The van der Waals surface area contributed by atoms with Crippen LogP contribution < -0.4 is 10.5 Å². The number of halogens is 3. The maximum Gasteiger partial charge on any atom is 0.490 e. The Bertz CT molecular complexity index is 780. The fourth-order valence-corrected chi connectivity index (χ4v) is 2.88. The van der Waals surface area contributed by atoms with Gasteiger partial charge in [0.25, 0.3) is 0 Å². The van der Waals surface area contributed by atoms with Crippen LogP contribution in [-0.4, -0.2) is 48.1 Å². The first kappa shape index (κ1) is 24.6. The van der Waals surface area contributed by atoms with E-state index in [0.717, 1.165) is 38.3 Å². The normalized spacial score (nSPS) is 15.5. The molecule has 0 spiro atoms. The number of carbonyl (C=O) groups is 1. The molecule has 0 unspecified atom stereocenters. The van der Waals surface area contributed by atoms with E-state index in [4.69, 9.17) is 25.2 Å². The van der Waals surface area contributed by atoms with Crippen LogP contribution in [-0.2, 0) is 22.7 Å². The lowest BCUT2D eigenvalue weighted by Crippen LogP contribution is -2.41. The van der Waals surface area contributed by atoms with Gasteiger partial charge in [-0.3, -0.25) is 4.84 Å². The van der Waals surface area contributed by atoms with Crippen molar-refractivity contribution in [2.75, 3.05) is 19.7 Å². The highest BCUT2D eigenvalue weighted by molar-refractivity contribution is 5.73. The molecule has 31 heavy (non-hydrogen) atoms. The van der Waals surface area contributed by atoms with Crippen LogP contribution in [0.2, 0.25) is 0 Å². The van der Waals surface area contributed by atoms with Crippen LogP contribution in [0.1, 0.15) is 24.0 Å². The van der Waals surface area contributed by atoms with Gasteiger partial charge in [-0.2, -0.15) is 18.2 Å². The number of hydroxylamine groups is 2. The Balaban J connectivity index is 0.000000423. The van der Waals surface area contributed by atoms with Gasteiger partial charge in [0.05, 0.1) is 6.61 Å². The predicted molar refractivity (Wildman–Crippen MR) is 109 cm³/mol. The van der Waals surface area contributed by atoms with Crippen molar-refractivity contribution in [2.24, 2.45) is 5.73 Å². The Morgan fingerprint density at radius 1 is 1.10 bits per heavy atom. The second kappa shape index (κ2) is 12.3. The summed E-state index contributed by atoms with van der Waals surface area (Å²) in [5, 5.41) is 9.13. The molecule has 3 rings (SSSR count). The van der Waals surface area contributed by atoms with Crippen molar-refractivity contribution < 1.29 is 32.6 Å².